The summed E-state index contributed by atoms with van der Waals surface area (Å²) in [4.78, 5) is 7.25. The molecule has 4 heteroatoms. The maximum atomic E-state index is 12.5. The molecule has 0 radical (unpaired) electrons. The predicted octanol–water partition coefficient (Wildman–Crippen LogP) is 9.91. The minimum Gasteiger partial charge on any atom is -0.372 e. The van der Waals surface area contributed by atoms with Gasteiger partial charge in [0.25, 0.3) is 0 Å². The third kappa shape index (κ3) is 15.2. The van der Waals surface area contributed by atoms with E-state index < -0.39 is 0 Å². The first-order valence-electron chi connectivity index (χ1n) is 15.5. The highest BCUT2D eigenvalue weighted by molar-refractivity contribution is 6.03. The van der Waals surface area contributed by atoms with Crippen molar-refractivity contribution in [2.45, 2.75) is 120 Å². The largest absolute Gasteiger partial charge is 0.372 e. The molecular formula is C35H60FN3. The molecule has 222 valence electrons. The Kier molecular flexibility index (Phi) is 21.3. The molecular weight excluding hydrogens is 481 g/mol. The number of allylic oxidation sites excluding steroid dienone is 5. The number of piperazine rings is 1. The van der Waals surface area contributed by atoms with E-state index in [0.717, 1.165) is 56.6 Å². The second kappa shape index (κ2) is 22.6. The fraction of sp³-hybridized carbons (Fsp3) is 0.629. The number of rotatable bonds is 11. The summed E-state index contributed by atoms with van der Waals surface area (Å²) in [7, 11) is 0. The van der Waals surface area contributed by atoms with E-state index in [1.165, 1.54) is 42.2 Å². The molecule has 0 amide bonds. The van der Waals surface area contributed by atoms with Crippen LogP contribution in [-0.4, -0.2) is 36.3 Å². The van der Waals surface area contributed by atoms with Gasteiger partial charge in [-0.1, -0.05) is 91.5 Å². The van der Waals surface area contributed by atoms with Gasteiger partial charge in [0.05, 0.1) is 0 Å². The molecule has 1 heterocycles. The molecule has 2 atom stereocenters. The molecule has 1 N–H and O–H groups in total. The van der Waals surface area contributed by atoms with Crippen LogP contribution in [0, 0.1) is 11.7 Å². The molecule has 1 aromatic rings. The van der Waals surface area contributed by atoms with Gasteiger partial charge in [-0.3, -0.25) is 4.99 Å². The lowest BCUT2D eigenvalue weighted by atomic mass is 9.87. The third-order valence-electron chi connectivity index (χ3n) is 7.05. The van der Waals surface area contributed by atoms with E-state index in [2.05, 4.69) is 91.6 Å². The second-order valence-corrected chi connectivity index (χ2v) is 10.6. The zero-order chi connectivity index (χ0) is 29.6. The van der Waals surface area contributed by atoms with Gasteiger partial charge in [0, 0.05) is 48.9 Å². The first-order chi connectivity index (χ1) is 18.7. The lowest BCUT2D eigenvalue weighted by Crippen LogP contribution is -2.48. The zero-order valence-electron chi connectivity index (χ0n) is 27.0. The van der Waals surface area contributed by atoms with Gasteiger partial charge in [-0.05, 0) is 76.1 Å². The second-order valence-electron chi connectivity index (χ2n) is 10.6. The highest BCUT2D eigenvalue weighted by Gasteiger charge is 2.22. The fourth-order valence-corrected chi connectivity index (χ4v) is 4.64. The molecule has 0 aromatic heterocycles. The van der Waals surface area contributed by atoms with Gasteiger partial charge in [-0.15, -0.1) is 0 Å². The van der Waals surface area contributed by atoms with Crippen molar-refractivity contribution < 1.29 is 4.39 Å². The Bertz CT molecular complexity index is 895. The summed E-state index contributed by atoms with van der Waals surface area (Å²) in [6.07, 6.45) is 14.6. The maximum Gasteiger partial charge on any atom is 0.123 e. The Labute approximate surface area is 241 Å². The van der Waals surface area contributed by atoms with Crippen LogP contribution in [0.15, 0.2) is 64.5 Å². The van der Waals surface area contributed by atoms with Gasteiger partial charge in [-0.25, -0.2) is 4.39 Å². The Morgan fingerprint density at radius 1 is 1.13 bits per heavy atom. The monoisotopic (exact) mass is 541 g/mol. The number of nitrogens with one attached hydrogen (secondary N) is 1. The topological polar surface area (TPSA) is 27.6 Å². The Morgan fingerprint density at radius 3 is 2.31 bits per heavy atom. The molecule has 0 saturated carbocycles. The van der Waals surface area contributed by atoms with Crippen molar-refractivity contribution in [3.63, 3.8) is 0 Å². The number of hydrogen-bond donors (Lipinski definition) is 1. The van der Waals surface area contributed by atoms with E-state index in [1.807, 2.05) is 12.3 Å². The van der Waals surface area contributed by atoms with Crippen LogP contribution in [0.5, 0.6) is 0 Å². The normalized spacial score (nSPS) is 17.6. The smallest absolute Gasteiger partial charge is 0.123 e. The van der Waals surface area contributed by atoms with Crippen molar-refractivity contribution in [2.24, 2.45) is 10.9 Å². The summed E-state index contributed by atoms with van der Waals surface area (Å²) in [5, 5.41) is 3.53. The molecule has 1 saturated heterocycles. The molecule has 39 heavy (non-hydrogen) atoms. The predicted molar refractivity (Wildman–Crippen MR) is 173 cm³/mol. The van der Waals surface area contributed by atoms with E-state index in [0.29, 0.717) is 12.0 Å². The Balaban J connectivity index is 0.000000784. The van der Waals surface area contributed by atoms with E-state index in [1.54, 1.807) is 12.1 Å². The lowest BCUT2D eigenvalue weighted by Gasteiger charge is -2.36. The van der Waals surface area contributed by atoms with Crippen LogP contribution < -0.4 is 5.32 Å². The van der Waals surface area contributed by atoms with E-state index >= 15 is 0 Å². The van der Waals surface area contributed by atoms with Gasteiger partial charge in [0.1, 0.15) is 5.82 Å². The van der Waals surface area contributed by atoms with E-state index in [9.17, 15) is 4.39 Å². The molecule has 2 rings (SSSR count). The van der Waals surface area contributed by atoms with Gasteiger partial charge in [-0.2, -0.15) is 0 Å². The lowest BCUT2D eigenvalue weighted by molar-refractivity contribution is 0.255. The molecule has 1 aliphatic rings. The molecule has 0 spiro atoms. The quantitative estimate of drug-likeness (QED) is 0.223. The highest BCUT2D eigenvalue weighted by Crippen LogP contribution is 2.28. The van der Waals surface area contributed by atoms with Gasteiger partial charge >= 0.3 is 0 Å². The zero-order valence-corrected chi connectivity index (χ0v) is 27.0. The summed E-state index contributed by atoms with van der Waals surface area (Å²) < 4.78 is 12.5. The van der Waals surface area contributed by atoms with E-state index in [-0.39, 0.29) is 5.82 Å². The van der Waals surface area contributed by atoms with Crippen LogP contribution in [0.25, 0.3) is 0 Å². The molecule has 2 unspecified atom stereocenters. The first kappa shape index (κ1) is 36.8. The molecule has 1 aliphatic heterocycles. The van der Waals surface area contributed by atoms with Crippen molar-refractivity contribution in [1.29, 1.82) is 0 Å². The van der Waals surface area contributed by atoms with Gasteiger partial charge < -0.3 is 10.2 Å². The van der Waals surface area contributed by atoms with Crippen LogP contribution >= 0.6 is 0 Å². The SMILES string of the molecule is CCCCC.CCCc1cccc(F)c1.C\C=C(C(/C(C)=N/C=C/CC)=C(/C)N1CCNC(C)C1)\C(C)CC. The van der Waals surface area contributed by atoms with Crippen LogP contribution in [0.4, 0.5) is 4.39 Å². The third-order valence-corrected chi connectivity index (χ3v) is 7.05. The maximum absolute atomic E-state index is 12.5. The van der Waals surface area contributed by atoms with Gasteiger partial charge in [0.2, 0.25) is 0 Å². The number of benzene rings is 1. The Hall–Kier alpha value is -2.20. The average molecular weight is 542 g/mol. The van der Waals surface area contributed by atoms with Crippen molar-refractivity contribution >= 4 is 5.71 Å². The van der Waals surface area contributed by atoms with Crippen LogP contribution in [0.2, 0.25) is 0 Å². The molecule has 1 fully saturated rings. The molecule has 0 aliphatic carbocycles. The summed E-state index contributed by atoms with van der Waals surface area (Å²) >= 11 is 0. The number of nitrogens with zero attached hydrogens (tertiary/aromatic N) is 2. The van der Waals surface area contributed by atoms with Crippen molar-refractivity contribution in [2.75, 3.05) is 19.6 Å². The number of halogens is 1. The van der Waals surface area contributed by atoms with E-state index in [4.69, 9.17) is 4.99 Å². The summed E-state index contributed by atoms with van der Waals surface area (Å²) in [5.74, 6) is 0.409. The standard InChI is InChI=1S/C21H37N3.C9H11F.C5H12/c1-8-11-12-23-18(6)21(20(10-3)16(4)9-2)19(7)24-14-13-22-17(5)15-24;1-2-4-8-5-3-6-9(10)7-8;1-3-5-4-2/h10-12,16-17,22H,8-9,13-15H2,1-7H3;3,5-7H,2,4H2,1H3;3-5H2,1-2H3/b12-11+,20-10-,21-19-,23-18+;;. The molecule has 1 aromatic carbocycles. The summed E-state index contributed by atoms with van der Waals surface area (Å²) in [6, 6.07) is 7.29. The Morgan fingerprint density at radius 2 is 1.82 bits per heavy atom. The van der Waals surface area contributed by atoms with Crippen LogP contribution in [-0.2, 0) is 6.42 Å². The van der Waals surface area contributed by atoms with Crippen molar-refractivity contribution in [1.82, 2.24) is 10.2 Å². The van der Waals surface area contributed by atoms with Crippen molar-refractivity contribution in [3.8, 4) is 0 Å². The summed E-state index contributed by atoms with van der Waals surface area (Å²) in [6.45, 7) is 25.2. The molecule has 0 bridgehead atoms. The average Bonchev–Trinajstić information content (AvgIpc) is 2.92. The number of aliphatic imine (C=N–C) groups is 1. The number of unbranched alkanes of at least 4 members (excludes halogenated alkanes) is 2. The van der Waals surface area contributed by atoms with Crippen LogP contribution in [0.3, 0.4) is 0 Å². The highest BCUT2D eigenvalue weighted by atomic mass is 19.1. The van der Waals surface area contributed by atoms with Crippen LogP contribution in [0.1, 0.15) is 113 Å². The summed E-state index contributed by atoms with van der Waals surface area (Å²) in [5.41, 5.74) is 6.33. The van der Waals surface area contributed by atoms with Gasteiger partial charge in [0.15, 0.2) is 0 Å². The number of aryl methyl sites for hydroxylation is 1. The minimum absolute atomic E-state index is 0.133. The minimum atomic E-state index is -0.133. The molecule has 3 nitrogen and oxygen atoms in total. The van der Waals surface area contributed by atoms with Crippen molar-refractivity contribution in [3.05, 3.63) is 70.8 Å². The first-order valence-corrected chi connectivity index (χ1v) is 15.5. The fourth-order valence-electron chi connectivity index (χ4n) is 4.64. The number of hydrogen-bond acceptors (Lipinski definition) is 3.